The second-order valence-electron chi connectivity index (χ2n) is 6.25. The Bertz CT molecular complexity index is 1030. The highest BCUT2D eigenvalue weighted by Gasteiger charge is 2.20. The third-order valence-corrected chi connectivity index (χ3v) is 5.36. The summed E-state index contributed by atoms with van der Waals surface area (Å²) in [7, 11) is 1.56. The van der Waals surface area contributed by atoms with Crippen LogP contribution in [0.1, 0.15) is 27.7 Å². The molecule has 7 nitrogen and oxygen atoms in total. The summed E-state index contributed by atoms with van der Waals surface area (Å²) in [6.45, 7) is 3.71. The number of nitrogens with one attached hydrogen (secondary N) is 1. The van der Waals surface area contributed by atoms with Crippen LogP contribution in [0.15, 0.2) is 36.5 Å². The first-order valence-electron chi connectivity index (χ1n) is 8.64. The number of methoxy groups -OCH3 is 1. The van der Waals surface area contributed by atoms with Crippen LogP contribution in [0.5, 0.6) is 11.6 Å². The molecule has 0 aliphatic rings. The maximum Gasteiger partial charge on any atom is 0.253 e. The summed E-state index contributed by atoms with van der Waals surface area (Å²) in [4.78, 5) is 28.9. The molecule has 0 fully saturated rings. The van der Waals surface area contributed by atoms with Crippen LogP contribution < -0.4 is 20.5 Å². The summed E-state index contributed by atoms with van der Waals surface area (Å²) < 4.78 is 12.1. The third-order valence-electron chi connectivity index (χ3n) is 4.27. The topological polar surface area (TPSA) is 104 Å². The van der Waals surface area contributed by atoms with Crippen molar-refractivity contribution in [1.82, 2.24) is 10.3 Å². The number of amides is 2. The molecule has 0 spiro atoms. The minimum absolute atomic E-state index is 0.284. The van der Waals surface area contributed by atoms with Crippen molar-refractivity contribution >= 4 is 33.2 Å². The van der Waals surface area contributed by atoms with Gasteiger partial charge in [-0.25, -0.2) is 4.98 Å². The van der Waals surface area contributed by atoms with Crippen molar-refractivity contribution in [2.24, 2.45) is 5.73 Å². The van der Waals surface area contributed by atoms with Crippen LogP contribution in [-0.4, -0.2) is 29.9 Å². The molecule has 2 amide bonds. The number of aryl methyl sites for hydroxylation is 1. The Morgan fingerprint density at radius 1 is 1.32 bits per heavy atom. The highest BCUT2D eigenvalue weighted by Crippen LogP contribution is 2.34. The molecule has 2 aromatic heterocycles. The van der Waals surface area contributed by atoms with Gasteiger partial charge in [-0.05, 0) is 44.2 Å². The number of primary amides is 1. The van der Waals surface area contributed by atoms with E-state index in [2.05, 4.69) is 10.3 Å². The number of hydrogen-bond acceptors (Lipinski definition) is 6. The Morgan fingerprint density at radius 3 is 2.82 bits per heavy atom. The number of carbonyl (C=O) groups excluding carboxylic acids is 2. The highest BCUT2D eigenvalue weighted by atomic mass is 32.1. The van der Waals surface area contributed by atoms with Crippen molar-refractivity contribution in [3.05, 3.63) is 52.5 Å². The van der Waals surface area contributed by atoms with Gasteiger partial charge in [-0.3, -0.25) is 9.59 Å². The van der Waals surface area contributed by atoms with Crippen LogP contribution in [0, 0.1) is 6.92 Å². The lowest BCUT2D eigenvalue weighted by Gasteiger charge is -2.11. The molecule has 146 valence electrons. The largest absolute Gasteiger partial charge is 0.489 e. The van der Waals surface area contributed by atoms with Crippen LogP contribution in [0.3, 0.4) is 0 Å². The minimum atomic E-state index is -0.751. The number of rotatable bonds is 7. The Kier molecular flexibility index (Phi) is 5.79. The first kappa shape index (κ1) is 19.6. The molecular weight excluding hydrogens is 378 g/mol. The number of thiophene rings is 1. The lowest BCUT2D eigenvalue weighted by Crippen LogP contribution is -2.42. The Morgan fingerprint density at radius 2 is 2.11 bits per heavy atom. The number of carbonyl (C=O) groups is 2. The number of pyridine rings is 1. The fraction of sp³-hybridized carbons (Fsp3) is 0.250. The molecule has 2 heterocycles. The van der Waals surface area contributed by atoms with Crippen molar-refractivity contribution in [2.45, 2.75) is 26.5 Å². The fourth-order valence-electron chi connectivity index (χ4n) is 2.79. The second kappa shape index (κ2) is 8.26. The molecule has 0 bridgehead atoms. The third kappa shape index (κ3) is 4.07. The lowest BCUT2D eigenvalue weighted by molar-refractivity contribution is -0.119. The van der Waals surface area contributed by atoms with E-state index >= 15 is 0 Å². The van der Waals surface area contributed by atoms with E-state index in [0.717, 1.165) is 20.5 Å². The van der Waals surface area contributed by atoms with Gasteiger partial charge in [-0.1, -0.05) is 0 Å². The van der Waals surface area contributed by atoms with Gasteiger partial charge in [0.1, 0.15) is 18.4 Å². The van der Waals surface area contributed by atoms with Gasteiger partial charge in [-0.2, -0.15) is 0 Å². The zero-order chi connectivity index (χ0) is 20.3. The van der Waals surface area contributed by atoms with E-state index in [1.54, 1.807) is 20.2 Å². The van der Waals surface area contributed by atoms with E-state index < -0.39 is 11.9 Å². The predicted octanol–water partition coefficient (Wildman–Crippen LogP) is 2.80. The van der Waals surface area contributed by atoms with Crippen molar-refractivity contribution in [3.8, 4) is 11.6 Å². The molecule has 1 atom stereocenters. The molecule has 1 unspecified atom stereocenters. The van der Waals surface area contributed by atoms with Gasteiger partial charge in [0, 0.05) is 21.2 Å². The number of nitrogens with two attached hydrogens (primary N) is 1. The Balaban J connectivity index is 1.86. The molecule has 8 heteroatoms. The number of nitrogens with zero attached hydrogens (tertiary/aromatic N) is 1. The van der Waals surface area contributed by atoms with Crippen molar-refractivity contribution in [2.75, 3.05) is 7.11 Å². The van der Waals surface area contributed by atoms with E-state index in [-0.39, 0.29) is 12.5 Å². The molecular formula is C20H21N3O4S. The normalized spacial score (nSPS) is 11.8. The van der Waals surface area contributed by atoms with Crippen LogP contribution in [-0.2, 0) is 11.4 Å². The van der Waals surface area contributed by atoms with Crippen LogP contribution in [0.2, 0.25) is 0 Å². The molecule has 1 aromatic carbocycles. The van der Waals surface area contributed by atoms with Gasteiger partial charge in [0.15, 0.2) is 0 Å². The highest BCUT2D eigenvalue weighted by molar-refractivity contribution is 7.19. The maximum atomic E-state index is 12.7. The SMILES string of the molecule is COc1ncccc1COc1ccc2sc(C)c(C(=O)NC(C)C(N)=O)c2c1. The average molecular weight is 399 g/mol. The van der Waals surface area contributed by atoms with Gasteiger partial charge in [0.05, 0.1) is 18.2 Å². The zero-order valence-corrected chi connectivity index (χ0v) is 16.6. The maximum absolute atomic E-state index is 12.7. The number of ether oxygens (including phenoxy) is 2. The summed E-state index contributed by atoms with van der Waals surface area (Å²) in [6.07, 6.45) is 1.65. The monoisotopic (exact) mass is 399 g/mol. The molecule has 0 aliphatic carbocycles. The van der Waals surface area contributed by atoms with Crippen LogP contribution >= 0.6 is 11.3 Å². The van der Waals surface area contributed by atoms with Crippen molar-refractivity contribution in [3.63, 3.8) is 0 Å². The number of fused-ring (bicyclic) bond motifs is 1. The first-order valence-corrected chi connectivity index (χ1v) is 9.46. The predicted molar refractivity (Wildman–Crippen MR) is 108 cm³/mol. The van der Waals surface area contributed by atoms with E-state index in [0.29, 0.717) is 17.2 Å². The molecule has 0 aliphatic heterocycles. The van der Waals surface area contributed by atoms with E-state index in [1.807, 2.05) is 37.3 Å². The van der Waals surface area contributed by atoms with Crippen molar-refractivity contribution < 1.29 is 19.1 Å². The molecule has 0 radical (unpaired) electrons. The standard InChI is InChI=1S/C20H21N3O4S/c1-11(18(21)24)23-19(25)17-12(2)28-16-7-6-14(9-15(16)17)27-10-13-5-4-8-22-20(13)26-3/h4-9,11H,10H2,1-3H3,(H2,21,24)(H,23,25). The number of aromatic nitrogens is 1. The summed E-state index contributed by atoms with van der Waals surface area (Å²) in [5, 5.41) is 3.41. The second-order valence-corrected chi connectivity index (χ2v) is 7.51. The average Bonchev–Trinajstić information content (AvgIpc) is 3.01. The van der Waals surface area contributed by atoms with Gasteiger partial charge >= 0.3 is 0 Å². The summed E-state index contributed by atoms with van der Waals surface area (Å²) >= 11 is 1.51. The molecule has 28 heavy (non-hydrogen) atoms. The minimum Gasteiger partial charge on any atom is -0.489 e. The molecule has 0 saturated heterocycles. The van der Waals surface area contributed by atoms with E-state index in [9.17, 15) is 9.59 Å². The molecule has 3 aromatic rings. The van der Waals surface area contributed by atoms with E-state index in [1.165, 1.54) is 11.3 Å². The van der Waals surface area contributed by atoms with Crippen molar-refractivity contribution in [1.29, 1.82) is 0 Å². The van der Waals surface area contributed by atoms with Gasteiger partial charge in [0.2, 0.25) is 11.8 Å². The smallest absolute Gasteiger partial charge is 0.253 e. The summed E-state index contributed by atoms with van der Waals surface area (Å²) in [5.74, 6) is 0.213. The number of hydrogen-bond donors (Lipinski definition) is 2. The van der Waals surface area contributed by atoms with Crippen LogP contribution in [0.4, 0.5) is 0 Å². The number of benzene rings is 1. The zero-order valence-electron chi connectivity index (χ0n) is 15.8. The molecule has 3 N–H and O–H groups in total. The Hall–Kier alpha value is -3.13. The lowest BCUT2D eigenvalue weighted by atomic mass is 10.1. The Labute approximate surface area is 166 Å². The summed E-state index contributed by atoms with van der Waals surface area (Å²) in [6, 6.07) is 8.54. The molecule has 0 saturated carbocycles. The summed E-state index contributed by atoms with van der Waals surface area (Å²) in [5.41, 5.74) is 6.59. The molecule has 3 rings (SSSR count). The van der Waals surface area contributed by atoms with Gasteiger partial charge in [0.25, 0.3) is 5.91 Å². The van der Waals surface area contributed by atoms with Gasteiger partial charge in [-0.15, -0.1) is 11.3 Å². The van der Waals surface area contributed by atoms with Gasteiger partial charge < -0.3 is 20.5 Å². The fourth-order valence-corrected chi connectivity index (χ4v) is 3.83. The first-order chi connectivity index (χ1) is 13.4. The van der Waals surface area contributed by atoms with Crippen LogP contribution in [0.25, 0.3) is 10.1 Å². The van der Waals surface area contributed by atoms with E-state index in [4.69, 9.17) is 15.2 Å². The quantitative estimate of drug-likeness (QED) is 0.636.